The van der Waals surface area contributed by atoms with Crippen molar-refractivity contribution in [1.82, 2.24) is 4.98 Å². The summed E-state index contributed by atoms with van der Waals surface area (Å²) in [6.07, 6.45) is 0. The van der Waals surface area contributed by atoms with Crippen molar-refractivity contribution in [3.63, 3.8) is 0 Å². The lowest BCUT2D eigenvalue weighted by Gasteiger charge is -2.21. The number of aromatic amines is 1. The molecule has 5 heteroatoms. The Bertz CT molecular complexity index is 1090. The third kappa shape index (κ3) is 1.64. The van der Waals surface area contributed by atoms with Crippen LogP contribution in [0, 0.1) is 6.92 Å². The van der Waals surface area contributed by atoms with Crippen molar-refractivity contribution in [3.05, 3.63) is 69.0 Å². The van der Waals surface area contributed by atoms with Gasteiger partial charge in [-0.1, -0.05) is 30.3 Å². The summed E-state index contributed by atoms with van der Waals surface area (Å²) in [6.45, 7) is 1.81. The summed E-state index contributed by atoms with van der Waals surface area (Å²) >= 11 is 0. The Labute approximate surface area is 130 Å². The molecule has 0 bridgehead atoms. The van der Waals surface area contributed by atoms with Crippen molar-refractivity contribution >= 4 is 22.7 Å². The molecule has 4 rings (SSSR count). The molecule has 0 unspecified atom stereocenters. The van der Waals surface area contributed by atoms with Gasteiger partial charge < -0.3 is 10.1 Å². The van der Waals surface area contributed by atoms with Crippen molar-refractivity contribution in [2.75, 3.05) is 0 Å². The van der Waals surface area contributed by atoms with E-state index in [0.29, 0.717) is 33.2 Å². The second-order valence-corrected chi connectivity index (χ2v) is 5.56. The summed E-state index contributed by atoms with van der Waals surface area (Å²) < 4.78 is 0. The first-order valence-corrected chi connectivity index (χ1v) is 7.07. The molecule has 112 valence electrons. The van der Waals surface area contributed by atoms with Crippen LogP contribution in [0.3, 0.4) is 0 Å². The third-order valence-corrected chi connectivity index (χ3v) is 4.28. The number of fused-ring (bicyclic) bond motifs is 2. The van der Waals surface area contributed by atoms with Crippen LogP contribution in [0.15, 0.2) is 41.2 Å². The molecule has 0 saturated heterocycles. The van der Waals surface area contributed by atoms with E-state index in [1.54, 1.807) is 36.4 Å². The molecule has 0 aliphatic heterocycles. The van der Waals surface area contributed by atoms with Gasteiger partial charge in [-0.05, 0) is 24.1 Å². The fourth-order valence-corrected chi connectivity index (χ4v) is 3.25. The molecule has 0 amide bonds. The number of carboxylic acids is 1. The Balaban J connectivity index is 2.37. The minimum atomic E-state index is -1.31. The number of hydrogen-bond acceptors (Lipinski definition) is 3. The van der Waals surface area contributed by atoms with Gasteiger partial charge in [-0.3, -0.25) is 9.59 Å². The largest absolute Gasteiger partial charge is 0.477 e. The quantitative estimate of drug-likeness (QED) is 0.566. The van der Waals surface area contributed by atoms with Gasteiger partial charge in [0.25, 0.3) is 5.56 Å². The molecule has 0 saturated carbocycles. The van der Waals surface area contributed by atoms with Gasteiger partial charge in [0.2, 0.25) is 0 Å². The predicted octanol–water partition coefficient (Wildman–Crippen LogP) is 2.75. The van der Waals surface area contributed by atoms with E-state index in [1.165, 1.54) is 0 Å². The molecular weight excluding hydrogens is 294 g/mol. The van der Waals surface area contributed by atoms with Crippen LogP contribution in [-0.4, -0.2) is 21.8 Å². The van der Waals surface area contributed by atoms with Crippen molar-refractivity contribution in [2.45, 2.75) is 6.92 Å². The molecule has 2 aromatic carbocycles. The first-order chi connectivity index (χ1) is 11.0. The Morgan fingerprint density at radius 3 is 2.39 bits per heavy atom. The SMILES string of the molecule is Cc1ccc2c3c(c(C(=O)O)c(=O)[nH]c13)-c1ccccc1C2=O. The second-order valence-electron chi connectivity index (χ2n) is 5.56. The zero-order chi connectivity index (χ0) is 16.3. The van der Waals surface area contributed by atoms with Crippen LogP contribution in [0.2, 0.25) is 0 Å². The molecule has 0 atom stereocenters. The van der Waals surface area contributed by atoms with Crippen LogP contribution in [0.4, 0.5) is 0 Å². The minimum absolute atomic E-state index is 0.165. The first-order valence-electron chi connectivity index (χ1n) is 7.07. The number of aromatic carboxylic acids is 1. The van der Waals surface area contributed by atoms with Gasteiger partial charge >= 0.3 is 5.97 Å². The highest BCUT2D eigenvalue weighted by Crippen LogP contribution is 2.40. The summed E-state index contributed by atoms with van der Waals surface area (Å²) in [5, 5.41) is 10.0. The maximum Gasteiger partial charge on any atom is 0.342 e. The van der Waals surface area contributed by atoms with Gasteiger partial charge in [0, 0.05) is 22.1 Å². The number of nitrogens with one attached hydrogen (secondary N) is 1. The highest BCUT2D eigenvalue weighted by Gasteiger charge is 2.31. The number of hydrogen-bond donors (Lipinski definition) is 2. The number of aromatic nitrogens is 1. The standard InChI is InChI=1S/C18H11NO4/c1-8-6-7-11-13-12(9-4-2-3-5-10(9)16(11)20)14(18(22)23)17(21)19-15(8)13/h2-7H,1H3,(H,19,21)(H,22,23). The van der Waals surface area contributed by atoms with E-state index in [-0.39, 0.29) is 11.3 Å². The van der Waals surface area contributed by atoms with Gasteiger partial charge in [-0.2, -0.15) is 0 Å². The number of carbonyl (C=O) groups excluding carboxylic acids is 1. The number of rotatable bonds is 1. The second kappa shape index (κ2) is 4.39. The third-order valence-electron chi connectivity index (χ3n) is 4.28. The van der Waals surface area contributed by atoms with Crippen molar-refractivity contribution in [2.24, 2.45) is 0 Å². The summed E-state index contributed by atoms with van der Waals surface area (Å²) in [5.41, 5.74) is 1.95. The van der Waals surface area contributed by atoms with Crippen LogP contribution >= 0.6 is 0 Å². The average Bonchev–Trinajstić information content (AvgIpc) is 2.53. The molecule has 0 spiro atoms. The van der Waals surface area contributed by atoms with E-state index in [0.717, 1.165) is 5.56 Å². The van der Waals surface area contributed by atoms with Crippen molar-refractivity contribution < 1.29 is 14.7 Å². The zero-order valence-electron chi connectivity index (χ0n) is 12.1. The van der Waals surface area contributed by atoms with Crippen molar-refractivity contribution in [3.8, 4) is 11.1 Å². The molecule has 2 N–H and O–H groups in total. The summed E-state index contributed by atoms with van der Waals surface area (Å²) in [4.78, 5) is 39.3. The van der Waals surface area contributed by atoms with Crippen LogP contribution < -0.4 is 5.56 Å². The topological polar surface area (TPSA) is 87.2 Å². The molecule has 23 heavy (non-hydrogen) atoms. The van der Waals surface area contributed by atoms with E-state index in [4.69, 9.17) is 0 Å². The van der Waals surface area contributed by atoms with Gasteiger partial charge in [0.05, 0.1) is 5.52 Å². The van der Waals surface area contributed by atoms with E-state index < -0.39 is 11.5 Å². The number of ketones is 1. The zero-order valence-corrected chi connectivity index (χ0v) is 12.1. The van der Waals surface area contributed by atoms with Crippen LogP contribution in [-0.2, 0) is 0 Å². The first kappa shape index (κ1) is 13.5. The van der Waals surface area contributed by atoms with E-state index in [9.17, 15) is 19.5 Å². The van der Waals surface area contributed by atoms with Crippen LogP contribution in [0.1, 0.15) is 31.8 Å². The predicted molar refractivity (Wildman–Crippen MR) is 85.1 cm³/mol. The summed E-state index contributed by atoms with van der Waals surface area (Å²) in [6, 6.07) is 10.2. The highest BCUT2D eigenvalue weighted by molar-refractivity contribution is 6.27. The Kier molecular flexibility index (Phi) is 2.57. The minimum Gasteiger partial charge on any atom is -0.477 e. The normalized spacial score (nSPS) is 12.3. The highest BCUT2D eigenvalue weighted by atomic mass is 16.4. The summed E-state index contributed by atoms with van der Waals surface area (Å²) in [5.74, 6) is -1.47. The van der Waals surface area contributed by atoms with Gasteiger partial charge in [-0.15, -0.1) is 0 Å². The number of carboxylic acid groups (broad SMARTS) is 1. The summed E-state index contributed by atoms with van der Waals surface area (Å²) in [7, 11) is 0. The molecule has 1 aliphatic carbocycles. The number of carbonyl (C=O) groups is 2. The number of benzene rings is 2. The molecule has 3 aromatic rings. The Hall–Kier alpha value is -3.21. The van der Waals surface area contributed by atoms with Crippen LogP contribution in [0.25, 0.3) is 22.0 Å². The van der Waals surface area contributed by atoms with E-state index in [2.05, 4.69) is 4.98 Å². The maximum atomic E-state index is 12.7. The Morgan fingerprint density at radius 1 is 1.00 bits per heavy atom. The monoisotopic (exact) mass is 305 g/mol. The molecule has 1 aromatic heterocycles. The smallest absolute Gasteiger partial charge is 0.342 e. The Morgan fingerprint density at radius 2 is 1.70 bits per heavy atom. The molecule has 0 fully saturated rings. The molecule has 1 aliphatic rings. The molecular formula is C18H11NO4. The number of pyridine rings is 1. The van der Waals surface area contributed by atoms with Gasteiger partial charge in [0.15, 0.2) is 5.78 Å². The lowest BCUT2D eigenvalue weighted by molar-refractivity contribution is 0.0695. The van der Waals surface area contributed by atoms with Gasteiger partial charge in [0.1, 0.15) is 5.56 Å². The fourth-order valence-electron chi connectivity index (χ4n) is 3.25. The van der Waals surface area contributed by atoms with E-state index in [1.807, 2.05) is 6.92 Å². The lowest BCUT2D eigenvalue weighted by atomic mass is 9.81. The molecule has 0 radical (unpaired) electrons. The molecule has 5 nitrogen and oxygen atoms in total. The molecule has 1 heterocycles. The number of aryl methyl sites for hydroxylation is 1. The average molecular weight is 305 g/mol. The maximum absolute atomic E-state index is 12.7. The lowest BCUT2D eigenvalue weighted by Crippen LogP contribution is -2.23. The van der Waals surface area contributed by atoms with E-state index >= 15 is 0 Å². The van der Waals surface area contributed by atoms with Gasteiger partial charge in [-0.25, -0.2) is 4.79 Å². The number of H-pyrrole nitrogens is 1. The van der Waals surface area contributed by atoms with Crippen LogP contribution in [0.5, 0.6) is 0 Å². The fraction of sp³-hybridized carbons (Fsp3) is 0.0556. The van der Waals surface area contributed by atoms with Crippen molar-refractivity contribution in [1.29, 1.82) is 0 Å².